The molecule has 0 aromatic rings. The fourth-order valence-electron chi connectivity index (χ4n) is 1.59. The van der Waals surface area contributed by atoms with E-state index in [1.807, 2.05) is 36.9 Å². The lowest BCUT2D eigenvalue weighted by Crippen LogP contribution is -2.44. The van der Waals surface area contributed by atoms with E-state index in [2.05, 4.69) is 11.5 Å². The van der Waals surface area contributed by atoms with Crippen molar-refractivity contribution in [3.8, 4) is 0 Å². The molecule has 2 rings (SSSR count). The Morgan fingerprint density at radius 2 is 2.31 bits per heavy atom. The maximum absolute atomic E-state index is 11.5. The van der Waals surface area contributed by atoms with Gasteiger partial charge in [0.05, 0.1) is 0 Å². The van der Waals surface area contributed by atoms with Crippen LogP contribution in [0.5, 0.6) is 0 Å². The number of nitrogens with one attached hydrogen (secondary N) is 1. The number of rotatable bonds is 1. The molecule has 0 saturated carbocycles. The maximum Gasteiger partial charge on any atom is 0.301 e. The maximum atomic E-state index is 11.5. The lowest BCUT2D eigenvalue weighted by atomic mass is 9.99. The van der Waals surface area contributed by atoms with Crippen LogP contribution in [0.3, 0.4) is 0 Å². The van der Waals surface area contributed by atoms with Crippen LogP contribution in [-0.2, 0) is 4.79 Å². The average Bonchev–Trinajstić information content (AvgIpc) is 2.48. The van der Waals surface area contributed by atoms with Crippen LogP contribution in [0, 0.1) is 5.92 Å². The van der Waals surface area contributed by atoms with Crippen LogP contribution < -0.4 is 5.43 Å². The van der Waals surface area contributed by atoms with E-state index in [9.17, 15) is 4.79 Å². The van der Waals surface area contributed by atoms with Crippen molar-refractivity contribution >= 4 is 12.1 Å². The Bertz CT molecular complexity index is 337. The molecule has 1 N–H and O–H groups in total. The van der Waals surface area contributed by atoms with Crippen molar-refractivity contribution in [1.82, 2.24) is 5.43 Å². The molecule has 2 heterocycles. The zero-order valence-corrected chi connectivity index (χ0v) is 7.82. The third-order valence-corrected chi connectivity index (χ3v) is 2.34. The highest BCUT2D eigenvalue weighted by Crippen LogP contribution is 2.17. The molecule has 0 saturated heterocycles. The van der Waals surface area contributed by atoms with E-state index in [1.54, 1.807) is 0 Å². The SMILES string of the molecule is CC(C)C1=CC2C=CC=[N+]2NC1=O. The normalized spacial score (nSPS) is 25.5. The van der Waals surface area contributed by atoms with Gasteiger partial charge in [0.1, 0.15) is 0 Å². The van der Waals surface area contributed by atoms with Crippen molar-refractivity contribution in [2.75, 3.05) is 0 Å². The Morgan fingerprint density at radius 1 is 1.54 bits per heavy atom. The van der Waals surface area contributed by atoms with E-state index >= 15 is 0 Å². The van der Waals surface area contributed by atoms with Crippen LogP contribution in [0.25, 0.3) is 0 Å². The number of amides is 1. The molecule has 3 nitrogen and oxygen atoms in total. The van der Waals surface area contributed by atoms with Gasteiger partial charge in [0, 0.05) is 11.6 Å². The summed E-state index contributed by atoms with van der Waals surface area (Å²) in [5.41, 5.74) is 3.69. The summed E-state index contributed by atoms with van der Waals surface area (Å²) in [5, 5.41) is 0. The summed E-state index contributed by atoms with van der Waals surface area (Å²) in [6.07, 6.45) is 7.90. The van der Waals surface area contributed by atoms with Gasteiger partial charge in [0.25, 0.3) is 0 Å². The minimum atomic E-state index is 0.0196. The second kappa shape index (κ2) is 2.83. The molecule has 0 fully saturated rings. The number of hydrazine groups is 1. The van der Waals surface area contributed by atoms with Crippen molar-refractivity contribution in [3.63, 3.8) is 0 Å². The fraction of sp³-hybridized carbons (Fsp3) is 0.400. The van der Waals surface area contributed by atoms with Gasteiger partial charge >= 0.3 is 5.91 Å². The van der Waals surface area contributed by atoms with Gasteiger partial charge in [-0.25, -0.2) is 0 Å². The third-order valence-electron chi connectivity index (χ3n) is 2.34. The Balaban J connectivity index is 2.34. The van der Waals surface area contributed by atoms with Gasteiger partial charge in [0.15, 0.2) is 6.21 Å². The average molecular weight is 177 g/mol. The Kier molecular flexibility index (Phi) is 1.79. The Hall–Kier alpha value is -1.38. The van der Waals surface area contributed by atoms with Crippen LogP contribution in [-0.4, -0.2) is 22.8 Å². The molecule has 0 aliphatic carbocycles. The summed E-state index contributed by atoms with van der Waals surface area (Å²) in [6.45, 7) is 4.06. The highest BCUT2D eigenvalue weighted by atomic mass is 16.2. The molecule has 13 heavy (non-hydrogen) atoms. The minimum absolute atomic E-state index is 0.0196. The summed E-state index contributed by atoms with van der Waals surface area (Å²) in [6, 6.07) is 0.218. The first-order valence-electron chi connectivity index (χ1n) is 4.51. The van der Waals surface area contributed by atoms with Gasteiger partial charge in [0.2, 0.25) is 6.04 Å². The van der Waals surface area contributed by atoms with E-state index in [-0.39, 0.29) is 17.9 Å². The van der Waals surface area contributed by atoms with Gasteiger partial charge in [-0.05, 0) is 18.1 Å². The molecule has 2 aliphatic rings. The van der Waals surface area contributed by atoms with Gasteiger partial charge in [-0.3, -0.25) is 4.79 Å². The van der Waals surface area contributed by atoms with Gasteiger partial charge in [-0.2, -0.15) is 0 Å². The van der Waals surface area contributed by atoms with Crippen LogP contribution in [0.1, 0.15) is 13.8 Å². The largest absolute Gasteiger partial charge is 0.301 e. The topological polar surface area (TPSA) is 32.1 Å². The number of hydrazone groups is 1. The smallest absolute Gasteiger partial charge is 0.264 e. The molecule has 2 aliphatic heterocycles. The number of carbonyl (C=O) groups is 1. The second-order valence-corrected chi connectivity index (χ2v) is 3.65. The van der Waals surface area contributed by atoms with Gasteiger partial charge in [-0.1, -0.05) is 13.8 Å². The number of nitrogens with zero attached hydrogens (tertiary/aromatic N) is 1. The lowest BCUT2D eigenvalue weighted by molar-refractivity contribution is -0.583. The van der Waals surface area contributed by atoms with Crippen molar-refractivity contribution in [2.45, 2.75) is 19.9 Å². The van der Waals surface area contributed by atoms with Gasteiger partial charge in [-0.15, -0.1) is 10.1 Å². The van der Waals surface area contributed by atoms with Crippen molar-refractivity contribution in [2.24, 2.45) is 5.92 Å². The zero-order chi connectivity index (χ0) is 9.42. The summed E-state index contributed by atoms with van der Waals surface area (Å²) in [5.74, 6) is 0.308. The van der Waals surface area contributed by atoms with Crippen LogP contribution in [0.2, 0.25) is 0 Å². The number of fused-ring (bicyclic) bond motifs is 1. The number of carbonyl (C=O) groups excluding carboxylic acids is 1. The van der Waals surface area contributed by atoms with Gasteiger partial charge < -0.3 is 0 Å². The number of hydrogen-bond acceptors (Lipinski definition) is 1. The lowest BCUT2D eigenvalue weighted by Gasteiger charge is -2.17. The van der Waals surface area contributed by atoms with E-state index in [0.717, 1.165) is 5.57 Å². The third kappa shape index (κ3) is 1.30. The predicted molar refractivity (Wildman–Crippen MR) is 50.3 cm³/mol. The molecule has 0 aromatic carbocycles. The summed E-state index contributed by atoms with van der Waals surface area (Å²) in [7, 11) is 0. The Labute approximate surface area is 77.4 Å². The molecule has 0 aromatic heterocycles. The molecule has 1 atom stereocenters. The fourth-order valence-corrected chi connectivity index (χ4v) is 1.59. The molecule has 0 bridgehead atoms. The van der Waals surface area contributed by atoms with Crippen molar-refractivity contribution in [1.29, 1.82) is 0 Å². The second-order valence-electron chi connectivity index (χ2n) is 3.65. The summed E-state index contributed by atoms with van der Waals surface area (Å²) in [4.78, 5) is 11.5. The van der Waals surface area contributed by atoms with E-state index in [4.69, 9.17) is 0 Å². The van der Waals surface area contributed by atoms with Crippen LogP contribution in [0.4, 0.5) is 0 Å². The Morgan fingerprint density at radius 3 is 3.00 bits per heavy atom. The van der Waals surface area contributed by atoms with E-state index in [0.29, 0.717) is 0 Å². The quantitative estimate of drug-likeness (QED) is 0.585. The first-order valence-corrected chi connectivity index (χ1v) is 4.51. The van der Waals surface area contributed by atoms with Crippen molar-refractivity contribution in [3.05, 3.63) is 23.8 Å². The van der Waals surface area contributed by atoms with E-state index in [1.165, 1.54) is 0 Å². The van der Waals surface area contributed by atoms with Crippen LogP contribution in [0.15, 0.2) is 23.8 Å². The molecule has 0 spiro atoms. The highest BCUT2D eigenvalue weighted by molar-refractivity contribution is 5.94. The first kappa shape index (κ1) is 8.23. The standard InChI is InChI=1S/C10H12N2O/c1-7(2)9-6-8-4-3-5-12(8)11-10(9)13/h3-8H,1-2H3/p+1. The molecular formula is C10H13N2O+. The number of allylic oxidation sites excluding steroid dienone is 1. The zero-order valence-electron chi connectivity index (χ0n) is 7.82. The molecule has 0 radical (unpaired) electrons. The monoisotopic (exact) mass is 177 g/mol. The molecule has 1 unspecified atom stereocenters. The van der Waals surface area contributed by atoms with Crippen molar-refractivity contribution < 1.29 is 9.48 Å². The molecule has 68 valence electrons. The highest BCUT2D eigenvalue weighted by Gasteiger charge is 2.31. The molecule has 3 heteroatoms. The summed E-state index contributed by atoms with van der Waals surface area (Å²) < 4.78 is 1.81. The number of hydrogen-bond donors (Lipinski definition) is 1. The first-order chi connectivity index (χ1) is 6.18. The molecular weight excluding hydrogens is 164 g/mol. The van der Waals surface area contributed by atoms with Crippen LogP contribution >= 0.6 is 0 Å². The molecule has 1 amide bonds. The summed E-state index contributed by atoms with van der Waals surface area (Å²) >= 11 is 0. The van der Waals surface area contributed by atoms with E-state index < -0.39 is 0 Å². The minimum Gasteiger partial charge on any atom is -0.264 e. The predicted octanol–water partition coefficient (Wildman–Crippen LogP) is 0.635.